The lowest BCUT2D eigenvalue weighted by atomic mass is 10.0. The SMILES string of the molecule is S=C1N[C@@H](c2ccccn2)[C@H](c2ccc(-c3ccccc3)o2)N1c1ccc(OC2CCCC2)cc1. The number of ether oxygens (including phenoxy) is 1. The first-order valence-corrected chi connectivity index (χ1v) is 12.6. The van der Waals surface area contributed by atoms with E-state index in [2.05, 4.69) is 39.5 Å². The molecule has 3 heterocycles. The molecule has 1 aliphatic carbocycles. The first-order chi connectivity index (χ1) is 17.3. The van der Waals surface area contributed by atoms with Gasteiger partial charge in [-0.25, -0.2) is 0 Å². The number of hydrogen-bond donors (Lipinski definition) is 1. The summed E-state index contributed by atoms with van der Waals surface area (Å²) in [7, 11) is 0. The highest BCUT2D eigenvalue weighted by Crippen LogP contribution is 2.43. The van der Waals surface area contributed by atoms with Crippen molar-refractivity contribution >= 4 is 23.0 Å². The minimum atomic E-state index is -0.184. The summed E-state index contributed by atoms with van der Waals surface area (Å²) in [6.07, 6.45) is 6.92. The molecule has 1 saturated heterocycles. The third kappa shape index (κ3) is 4.42. The Labute approximate surface area is 210 Å². The van der Waals surface area contributed by atoms with Crippen LogP contribution < -0.4 is 15.0 Å². The van der Waals surface area contributed by atoms with E-state index in [4.69, 9.17) is 21.4 Å². The number of hydrogen-bond acceptors (Lipinski definition) is 4. The zero-order valence-electron chi connectivity index (χ0n) is 19.3. The monoisotopic (exact) mass is 481 g/mol. The zero-order chi connectivity index (χ0) is 23.6. The van der Waals surface area contributed by atoms with E-state index in [0.29, 0.717) is 11.2 Å². The van der Waals surface area contributed by atoms with E-state index in [1.807, 2.05) is 66.9 Å². The van der Waals surface area contributed by atoms with Crippen LogP contribution >= 0.6 is 12.2 Å². The average Bonchev–Trinajstić information content (AvgIpc) is 3.66. The number of anilines is 1. The molecule has 6 rings (SSSR count). The number of benzene rings is 2. The molecule has 2 aliphatic rings. The fourth-order valence-electron chi connectivity index (χ4n) is 5.08. The maximum absolute atomic E-state index is 6.42. The third-order valence-electron chi connectivity index (χ3n) is 6.79. The van der Waals surface area contributed by atoms with Gasteiger partial charge in [-0.2, -0.15) is 0 Å². The van der Waals surface area contributed by atoms with E-state index in [1.54, 1.807) is 0 Å². The van der Waals surface area contributed by atoms with Crippen LogP contribution in [0, 0.1) is 0 Å². The topological polar surface area (TPSA) is 50.5 Å². The predicted molar refractivity (Wildman–Crippen MR) is 141 cm³/mol. The minimum Gasteiger partial charge on any atom is -0.490 e. The lowest BCUT2D eigenvalue weighted by Gasteiger charge is -2.26. The Balaban J connectivity index is 1.35. The highest BCUT2D eigenvalue weighted by Gasteiger charge is 2.42. The van der Waals surface area contributed by atoms with Gasteiger partial charge < -0.3 is 19.4 Å². The molecular weight excluding hydrogens is 454 g/mol. The molecule has 0 bridgehead atoms. The summed E-state index contributed by atoms with van der Waals surface area (Å²) in [4.78, 5) is 6.75. The summed E-state index contributed by atoms with van der Waals surface area (Å²) in [6, 6.07) is 28.1. The van der Waals surface area contributed by atoms with Crippen LogP contribution in [0.3, 0.4) is 0 Å². The standard InChI is InChI=1S/C29H27N3O2S/c35-29-31-27(24-12-6-7-19-30-24)28(26-18-17-25(34-26)20-8-2-1-3-9-20)32(29)21-13-15-23(16-14-21)33-22-10-4-5-11-22/h1-3,6-9,12-19,22,27-28H,4-5,10-11H2,(H,31,35)/t27-,28-/m0/s1. The third-order valence-corrected chi connectivity index (χ3v) is 7.11. The average molecular weight is 482 g/mol. The summed E-state index contributed by atoms with van der Waals surface area (Å²) in [5.74, 6) is 2.57. The van der Waals surface area contributed by atoms with Gasteiger partial charge in [0.25, 0.3) is 0 Å². The van der Waals surface area contributed by atoms with Crippen molar-refractivity contribution in [1.82, 2.24) is 10.3 Å². The lowest BCUT2D eigenvalue weighted by Crippen LogP contribution is -2.29. The number of rotatable bonds is 6. The van der Waals surface area contributed by atoms with Crippen LogP contribution in [0.4, 0.5) is 5.69 Å². The van der Waals surface area contributed by atoms with Crippen molar-refractivity contribution in [1.29, 1.82) is 0 Å². The second kappa shape index (κ2) is 9.55. The van der Waals surface area contributed by atoms with Crippen molar-refractivity contribution in [3.05, 3.63) is 103 Å². The zero-order valence-corrected chi connectivity index (χ0v) is 20.2. The van der Waals surface area contributed by atoms with E-state index in [9.17, 15) is 0 Å². The molecule has 0 amide bonds. The number of aromatic nitrogens is 1. The fraction of sp³-hybridized carbons (Fsp3) is 0.241. The minimum absolute atomic E-state index is 0.145. The molecule has 0 unspecified atom stereocenters. The van der Waals surface area contributed by atoms with Crippen LogP contribution in [-0.4, -0.2) is 16.2 Å². The summed E-state index contributed by atoms with van der Waals surface area (Å²) >= 11 is 5.84. The van der Waals surface area contributed by atoms with Crippen LogP contribution in [-0.2, 0) is 0 Å². The van der Waals surface area contributed by atoms with Gasteiger partial charge in [0.2, 0.25) is 0 Å². The van der Waals surface area contributed by atoms with Gasteiger partial charge in [0.1, 0.15) is 23.3 Å². The Kier molecular flexibility index (Phi) is 5.96. The molecule has 2 atom stereocenters. The summed E-state index contributed by atoms with van der Waals surface area (Å²) < 4.78 is 12.6. The van der Waals surface area contributed by atoms with E-state index in [1.165, 1.54) is 12.8 Å². The Bertz CT molecular complexity index is 1280. The van der Waals surface area contributed by atoms with Crippen molar-refractivity contribution in [3.63, 3.8) is 0 Å². The number of nitrogens with zero attached hydrogens (tertiary/aromatic N) is 2. The molecule has 35 heavy (non-hydrogen) atoms. The van der Waals surface area contributed by atoms with Gasteiger partial charge in [0.05, 0.1) is 17.8 Å². The van der Waals surface area contributed by atoms with Crippen molar-refractivity contribution < 1.29 is 9.15 Å². The Morgan fingerprint density at radius 1 is 0.886 bits per heavy atom. The smallest absolute Gasteiger partial charge is 0.174 e. The molecule has 176 valence electrons. The van der Waals surface area contributed by atoms with Crippen LogP contribution in [0.2, 0.25) is 0 Å². The van der Waals surface area contributed by atoms with Crippen LogP contribution in [0.15, 0.2) is 95.5 Å². The largest absolute Gasteiger partial charge is 0.490 e. The summed E-state index contributed by atoms with van der Waals surface area (Å²) in [6.45, 7) is 0. The normalized spacial score (nSPS) is 20.2. The van der Waals surface area contributed by atoms with E-state index >= 15 is 0 Å². The second-order valence-corrected chi connectivity index (χ2v) is 9.47. The van der Waals surface area contributed by atoms with Crippen LogP contribution in [0.1, 0.15) is 49.2 Å². The Hall–Kier alpha value is -3.64. The lowest BCUT2D eigenvalue weighted by molar-refractivity contribution is 0.210. The van der Waals surface area contributed by atoms with Gasteiger partial charge >= 0.3 is 0 Å². The van der Waals surface area contributed by atoms with E-state index in [0.717, 1.165) is 47.1 Å². The highest BCUT2D eigenvalue weighted by atomic mass is 32.1. The molecule has 2 aromatic heterocycles. The highest BCUT2D eigenvalue weighted by molar-refractivity contribution is 7.80. The van der Waals surface area contributed by atoms with Gasteiger partial charge in [-0.05, 0) is 86.4 Å². The molecule has 1 N–H and O–H groups in total. The molecular formula is C29H27N3O2S. The molecule has 1 aliphatic heterocycles. The van der Waals surface area contributed by atoms with E-state index < -0.39 is 0 Å². The molecule has 0 radical (unpaired) electrons. The maximum atomic E-state index is 6.42. The Morgan fingerprint density at radius 2 is 1.66 bits per heavy atom. The van der Waals surface area contributed by atoms with Crippen molar-refractivity contribution in [3.8, 4) is 17.1 Å². The summed E-state index contributed by atoms with van der Waals surface area (Å²) in [5, 5.41) is 4.14. The van der Waals surface area contributed by atoms with Gasteiger partial charge in [-0.3, -0.25) is 4.98 Å². The molecule has 6 heteroatoms. The summed E-state index contributed by atoms with van der Waals surface area (Å²) in [5.41, 5.74) is 2.95. The maximum Gasteiger partial charge on any atom is 0.174 e. The molecule has 2 fully saturated rings. The molecule has 5 nitrogen and oxygen atoms in total. The van der Waals surface area contributed by atoms with Crippen LogP contribution in [0.5, 0.6) is 5.75 Å². The predicted octanol–water partition coefficient (Wildman–Crippen LogP) is 6.84. The molecule has 4 aromatic rings. The quantitative estimate of drug-likeness (QED) is 0.304. The second-order valence-electron chi connectivity index (χ2n) is 9.08. The number of furan rings is 1. The van der Waals surface area contributed by atoms with Crippen molar-refractivity contribution in [2.45, 2.75) is 43.9 Å². The van der Waals surface area contributed by atoms with Crippen molar-refractivity contribution in [2.24, 2.45) is 0 Å². The first kappa shape index (κ1) is 21.9. The molecule has 1 saturated carbocycles. The number of pyridine rings is 1. The first-order valence-electron chi connectivity index (χ1n) is 12.2. The van der Waals surface area contributed by atoms with Gasteiger partial charge in [-0.15, -0.1) is 0 Å². The van der Waals surface area contributed by atoms with E-state index in [-0.39, 0.29) is 12.1 Å². The van der Waals surface area contributed by atoms with Gasteiger partial charge in [0, 0.05) is 17.4 Å². The van der Waals surface area contributed by atoms with Crippen molar-refractivity contribution in [2.75, 3.05) is 4.90 Å². The fourth-order valence-corrected chi connectivity index (χ4v) is 5.42. The molecule has 0 spiro atoms. The van der Waals surface area contributed by atoms with Crippen LogP contribution in [0.25, 0.3) is 11.3 Å². The Morgan fingerprint density at radius 3 is 2.40 bits per heavy atom. The molecule has 2 aromatic carbocycles. The van der Waals surface area contributed by atoms with Gasteiger partial charge in [-0.1, -0.05) is 36.4 Å². The van der Waals surface area contributed by atoms with Gasteiger partial charge in [0.15, 0.2) is 5.11 Å². The number of thiocarbonyl (C=S) groups is 1. The number of nitrogens with one attached hydrogen (secondary N) is 1.